The first-order chi connectivity index (χ1) is 8.98. The van der Waals surface area contributed by atoms with Gasteiger partial charge in [0.2, 0.25) is 5.91 Å². The summed E-state index contributed by atoms with van der Waals surface area (Å²) >= 11 is 0. The van der Waals surface area contributed by atoms with Crippen LogP contribution in [0.4, 0.5) is 4.39 Å². The van der Waals surface area contributed by atoms with E-state index in [1.54, 1.807) is 6.07 Å². The number of benzene rings is 1. The number of rotatable bonds is 4. The number of halogens is 1. The third-order valence-corrected chi connectivity index (χ3v) is 3.53. The number of carbonyl (C=O) groups excluding carboxylic acids is 1. The maximum absolute atomic E-state index is 13.1. The number of phenols is 1. The molecule has 1 aliphatic rings. The summed E-state index contributed by atoms with van der Waals surface area (Å²) in [5.74, 6) is -1.35. The van der Waals surface area contributed by atoms with Crippen molar-refractivity contribution in [1.82, 2.24) is 5.32 Å². The van der Waals surface area contributed by atoms with Gasteiger partial charge in [-0.3, -0.25) is 4.79 Å². The normalized spacial score (nSPS) is 17.4. The summed E-state index contributed by atoms with van der Waals surface area (Å²) in [5, 5.41) is 21.8. The molecule has 19 heavy (non-hydrogen) atoms. The van der Waals surface area contributed by atoms with Crippen LogP contribution in [-0.2, 0) is 11.3 Å². The van der Waals surface area contributed by atoms with Gasteiger partial charge < -0.3 is 15.5 Å². The van der Waals surface area contributed by atoms with Gasteiger partial charge in [-0.25, -0.2) is 4.39 Å². The number of amides is 1. The molecular weight excluding hydrogens is 249 g/mol. The molecule has 0 atom stereocenters. The molecule has 0 bridgehead atoms. The molecule has 3 N–H and O–H groups in total. The lowest BCUT2D eigenvalue weighted by Gasteiger charge is -2.21. The third kappa shape index (κ3) is 3.67. The lowest BCUT2D eigenvalue weighted by Crippen LogP contribution is -2.34. The monoisotopic (exact) mass is 267 g/mol. The predicted molar refractivity (Wildman–Crippen MR) is 67.9 cm³/mol. The maximum atomic E-state index is 13.1. The molecule has 0 unspecified atom stereocenters. The first kappa shape index (κ1) is 13.8. The molecule has 1 aromatic rings. The van der Waals surface area contributed by atoms with Gasteiger partial charge in [0.1, 0.15) is 0 Å². The fourth-order valence-corrected chi connectivity index (χ4v) is 2.43. The quantitative estimate of drug-likeness (QED) is 0.779. The minimum atomic E-state index is -0.871. The summed E-state index contributed by atoms with van der Waals surface area (Å²) in [6, 6.07) is 3.98. The largest absolute Gasteiger partial charge is 0.505 e. The lowest BCUT2D eigenvalue weighted by atomic mass is 9.97. The molecule has 0 aromatic heterocycles. The highest BCUT2D eigenvalue weighted by molar-refractivity contribution is 5.77. The Hall–Kier alpha value is -1.62. The summed E-state index contributed by atoms with van der Waals surface area (Å²) in [4.78, 5) is 11.7. The maximum Gasteiger partial charge on any atom is 0.223 e. The van der Waals surface area contributed by atoms with Crippen molar-refractivity contribution < 1.29 is 19.4 Å². The van der Waals surface area contributed by atoms with Gasteiger partial charge in [-0.1, -0.05) is 18.9 Å². The Kier molecular flexibility index (Phi) is 4.04. The van der Waals surface area contributed by atoms with Crippen LogP contribution in [0.2, 0.25) is 0 Å². The Labute approximate surface area is 111 Å². The van der Waals surface area contributed by atoms with Gasteiger partial charge in [0.05, 0.1) is 12.0 Å². The van der Waals surface area contributed by atoms with E-state index in [9.17, 15) is 14.3 Å². The molecule has 0 saturated heterocycles. The van der Waals surface area contributed by atoms with E-state index < -0.39 is 17.2 Å². The molecule has 1 fully saturated rings. The van der Waals surface area contributed by atoms with Crippen molar-refractivity contribution >= 4 is 5.91 Å². The smallest absolute Gasteiger partial charge is 0.223 e. The number of phenolic OH excluding ortho intramolecular Hbond substituents is 1. The van der Waals surface area contributed by atoms with E-state index in [0.29, 0.717) is 18.4 Å². The van der Waals surface area contributed by atoms with Crippen LogP contribution in [0.3, 0.4) is 0 Å². The summed E-state index contributed by atoms with van der Waals surface area (Å²) in [7, 11) is 0. The second kappa shape index (κ2) is 5.57. The first-order valence-electron chi connectivity index (χ1n) is 6.45. The highest BCUT2D eigenvalue weighted by Crippen LogP contribution is 2.32. The van der Waals surface area contributed by atoms with Crippen LogP contribution in [0, 0.1) is 5.82 Å². The van der Waals surface area contributed by atoms with Gasteiger partial charge in [-0.15, -0.1) is 0 Å². The molecule has 1 saturated carbocycles. The van der Waals surface area contributed by atoms with Crippen molar-refractivity contribution in [2.75, 3.05) is 0 Å². The molecule has 2 rings (SSSR count). The van der Waals surface area contributed by atoms with Crippen LogP contribution in [0.25, 0.3) is 0 Å². The number of aromatic hydroxyl groups is 1. The van der Waals surface area contributed by atoms with E-state index in [1.807, 2.05) is 0 Å². The van der Waals surface area contributed by atoms with Gasteiger partial charge in [0.15, 0.2) is 11.6 Å². The summed E-state index contributed by atoms with van der Waals surface area (Å²) in [6.07, 6.45) is 3.32. The number of hydrogen-bond donors (Lipinski definition) is 3. The van der Waals surface area contributed by atoms with E-state index in [2.05, 4.69) is 5.32 Å². The molecule has 0 spiro atoms. The van der Waals surface area contributed by atoms with E-state index in [0.717, 1.165) is 12.8 Å². The van der Waals surface area contributed by atoms with Crippen LogP contribution in [0.15, 0.2) is 18.2 Å². The van der Waals surface area contributed by atoms with Crippen molar-refractivity contribution in [3.8, 4) is 5.75 Å². The van der Waals surface area contributed by atoms with Crippen LogP contribution in [0.5, 0.6) is 5.75 Å². The topological polar surface area (TPSA) is 69.6 Å². The zero-order valence-electron chi connectivity index (χ0n) is 10.7. The fourth-order valence-electron chi connectivity index (χ4n) is 2.43. The van der Waals surface area contributed by atoms with E-state index >= 15 is 0 Å². The predicted octanol–water partition coefficient (Wildman–Crippen LogP) is 1.84. The van der Waals surface area contributed by atoms with Crippen LogP contribution in [-0.4, -0.2) is 21.7 Å². The zero-order valence-corrected chi connectivity index (χ0v) is 10.7. The van der Waals surface area contributed by atoms with E-state index in [-0.39, 0.29) is 18.9 Å². The van der Waals surface area contributed by atoms with Gasteiger partial charge in [0, 0.05) is 6.54 Å². The Morgan fingerprint density at radius 3 is 2.68 bits per heavy atom. The van der Waals surface area contributed by atoms with Gasteiger partial charge in [0.25, 0.3) is 0 Å². The van der Waals surface area contributed by atoms with Crippen molar-refractivity contribution in [2.45, 2.75) is 44.2 Å². The minimum Gasteiger partial charge on any atom is -0.505 e. The van der Waals surface area contributed by atoms with Crippen molar-refractivity contribution in [1.29, 1.82) is 0 Å². The SMILES string of the molecule is O=C(CC1(O)CCCC1)NCc1ccc(O)c(F)c1. The highest BCUT2D eigenvalue weighted by Gasteiger charge is 2.33. The molecule has 0 heterocycles. The van der Waals surface area contributed by atoms with Crippen LogP contribution < -0.4 is 5.32 Å². The summed E-state index contributed by atoms with van der Waals surface area (Å²) < 4.78 is 13.1. The van der Waals surface area contributed by atoms with Gasteiger partial charge >= 0.3 is 0 Å². The lowest BCUT2D eigenvalue weighted by molar-refractivity contribution is -0.126. The second-order valence-electron chi connectivity index (χ2n) is 5.17. The van der Waals surface area contributed by atoms with Crippen molar-refractivity contribution in [3.63, 3.8) is 0 Å². The molecule has 5 heteroatoms. The second-order valence-corrected chi connectivity index (χ2v) is 5.17. The Morgan fingerprint density at radius 2 is 2.05 bits per heavy atom. The summed E-state index contributed by atoms with van der Waals surface area (Å²) in [6.45, 7) is 0.187. The van der Waals surface area contributed by atoms with Gasteiger partial charge in [-0.2, -0.15) is 0 Å². The summed E-state index contributed by atoms with van der Waals surface area (Å²) in [5.41, 5.74) is -0.299. The third-order valence-electron chi connectivity index (χ3n) is 3.53. The molecule has 1 aromatic carbocycles. The Morgan fingerprint density at radius 1 is 1.37 bits per heavy atom. The van der Waals surface area contributed by atoms with E-state index in [4.69, 9.17) is 5.11 Å². The van der Waals surface area contributed by atoms with Crippen molar-refractivity contribution in [2.24, 2.45) is 0 Å². The number of carbonyl (C=O) groups is 1. The average molecular weight is 267 g/mol. The highest BCUT2D eigenvalue weighted by atomic mass is 19.1. The number of nitrogens with one attached hydrogen (secondary N) is 1. The minimum absolute atomic E-state index is 0.0908. The van der Waals surface area contributed by atoms with Crippen LogP contribution in [0.1, 0.15) is 37.7 Å². The standard InChI is InChI=1S/C14H18FNO3/c15-11-7-10(3-4-12(11)17)9-16-13(18)8-14(19)5-1-2-6-14/h3-4,7,17,19H,1-2,5-6,8-9H2,(H,16,18). The molecular formula is C14H18FNO3. The molecule has 0 aliphatic heterocycles. The Balaban J connectivity index is 1.84. The molecule has 1 aliphatic carbocycles. The average Bonchev–Trinajstić information content (AvgIpc) is 2.77. The van der Waals surface area contributed by atoms with Crippen LogP contribution >= 0.6 is 0 Å². The van der Waals surface area contributed by atoms with Crippen molar-refractivity contribution in [3.05, 3.63) is 29.6 Å². The molecule has 104 valence electrons. The zero-order chi connectivity index (χ0) is 13.9. The number of hydrogen-bond acceptors (Lipinski definition) is 3. The van der Waals surface area contributed by atoms with E-state index in [1.165, 1.54) is 12.1 Å². The fraction of sp³-hybridized carbons (Fsp3) is 0.500. The Bertz CT molecular complexity index is 470. The molecule has 0 radical (unpaired) electrons. The molecule has 1 amide bonds. The van der Waals surface area contributed by atoms with Gasteiger partial charge in [-0.05, 0) is 30.5 Å². The molecule has 4 nitrogen and oxygen atoms in total. The first-order valence-corrected chi connectivity index (χ1v) is 6.45. The number of aliphatic hydroxyl groups is 1.